The van der Waals surface area contributed by atoms with Crippen molar-refractivity contribution in [1.29, 1.82) is 0 Å². The summed E-state index contributed by atoms with van der Waals surface area (Å²) in [5, 5.41) is 0.669. The van der Waals surface area contributed by atoms with Crippen LogP contribution in [0.25, 0.3) is 6.08 Å². The highest BCUT2D eigenvalue weighted by Gasteiger charge is 2.07. The minimum absolute atomic E-state index is 0.0706. The van der Waals surface area contributed by atoms with E-state index in [4.69, 9.17) is 16.3 Å². The Kier molecular flexibility index (Phi) is 6.24. The van der Waals surface area contributed by atoms with Crippen LogP contribution >= 0.6 is 11.6 Å². The molecule has 0 radical (unpaired) electrons. The number of likely N-dealkylation sites (N-methyl/N-ethyl adjacent to an activating group) is 1. The van der Waals surface area contributed by atoms with Crippen LogP contribution in [0.5, 0.6) is 5.75 Å². The second-order valence-electron chi connectivity index (χ2n) is 5.12. The fourth-order valence-corrected chi connectivity index (χ4v) is 2.29. The first kappa shape index (κ1) is 17.1. The molecule has 0 saturated heterocycles. The Labute approximate surface area is 142 Å². The number of carbonyl (C=O) groups excluding carboxylic acids is 1. The molecular formula is C19H20ClNO2. The predicted octanol–water partition coefficient (Wildman–Crippen LogP) is 4.41. The van der Waals surface area contributed by atoms with E-state index in [0.29, 0.717) is 18.2 Å². The van der Waals surface area contributed by atoms with Crippen LogP contribution in [0.4, 0.5) is 0 Å². The molecule has 0 unspecified atom stereocenters. The van der Waals surface area contributed by atoms with Crippen LogP contribution in [0.15, 0.2) is 54.6 Å². The number of hydrogen-bond acceptors (Lipinski definition) is 2. The fraction of sp³-hybridized carbons (Fsp3) is 0.211. The lowest BCUT2D eigenvalue weighted by atomic mass is 10.2. The molecule has 2 aromatic carbocycles. The van der Waals surface area contributed by atoms with Crippen LogP contribution in [0.3, 0.4) is 0 Å². The second-order valence-corrected chi connectivity index (χ2v) is 5.53. The number of rotatable bonds is 6. The van der Waals surface area contributed by atoms with E-state index in [9.17, 15) is 4.79 Å². The fourth-order valence-electron chi connectivity index (χ4n) is 2.10. The molecule has 3 nitrogen and oxygen atoms in total. The summed E-state index contributed by atoms with van der Waals surface area (Å²) in [5.41, 5.74) is 1.88. The Balaban J connectivity index is 1.96. The highest BCUT2D eigenvalue weighted by molar-refractivity contribution is 6.31. The maximum Gasteiger partial charge on any atom is 0.246 e. The van der Waals surface area contributed by atoms with Gasteiger partial charge in [-0.05, 0) is 42.3 Å². The van der Waals surface area contributed by atoms with Crippen molar-refractivity contribution in [3.63, 3.8) is 0 Å². The number of carbonyl (C=O) groups is 1. The summed E-state index contributed by atoms with van der Waals surface area (Å²) in [6, 6.07) is 15.1. The zero-order valence-electron chi connectivity index (χ0n) is 13.3. The molecule has 0 N–H and O–H groups in total. The number of benzene rings is 2. The Morgan fingerprint density at radius 2 is 1.87 bits per heavy atom. The molecule has 23 heavy (non-hydrogen) atoms. The van der Waals surface area contributed by atoms with Crippen molar-refractivity contribution in [1.82, 2.24) is 4.90 Å². The molecular weight excluding hydrogens is 310 g/mol. The van der Waals surface area contributed by atoms with E-state index in [-0.39, 0.29) is 5.91 Å². The van der Waals surface area contributed by atoms with Crippen LogP contribution in [-0.4, -0.2) is 24.5 Å². The molecule has 0 spiro atoms. The van der Waals surface area contributed by atoms with E-state index in [1.165, 1.54) is 0 Å². The van der Waals surface area contributed by atoms with Crippen LogP contribution < -0.4 is 4.74 Å². The Hall–Kier alpha value is -2.26. The van der Waals surface area contributed by atoms with Gasteiger partial charge in [0.1, 0.15) is 5.75 Å². The van der Waals surface area contributed by atoms with Crippen molar-refractivity contribution in [3.8, 4) is 5.75 Å². The van der Waals surface area contributed by atoms with E-state index >= 15 is 0 Å². The normalized spacial score (nSPS) is 10.7. The summed E-state index contributed by atoms with van der Waals surface area (Å²) in [7, 11) is 1.76. The van der Waals surface area contributed by atoms with E-state index in [0.717, 1.165) is 16.9 Å². The van der Waals surface area contributed by atoms with Crippen molar-refractivity contribution in [3.05, 3.63) is 70.8 Å². The maximum atomic E-state index is 12.2. The van der Waals surface area contributed by atoms with Crippen molar-refractivity contribution in [2.45, 2.75) is 13.5 Å². The SMILES string of the molecule is CCOc1ccc(/C=C/C(=O)N(C)Cc2ccccc2Cl)cc1. The standard InChI is InChI=1S/C19H20ClNO2/c1-3-23-17-11-8-15(9-12-17)10-13-19(22)21(2)14-16-6-4-5-7-18(16)20/h4-13H,3,14H2,1-2H3/b13-10+. The van der Waals surface area contributed by atoms with Gasteiger partial charge in [-0.1, -0.05) is 41.9 Å². The molecule has 4 heteroatoms. The third kappa shape index (κ3) is 5.15. The van der Waals surface area contributed by atoms with Crippen molar-refractivity contribution in [2.75, 3.05) is 13.7 Å². The average molecular weight is 330 g/mol. The van der Waals surface area contributed by atoms with E-state index in [1.54, 1.807) is 24.1 Å². The van der Waals surface area contributed by atoms with Crippen molar-refractivity contribution in [2.24, 2.45) is 0 Å². The van der Waals surface area contributed by atoms with Crippen molar-refractivity contribution >= 4 is 23.6 Å². The van der Waals surface area contributed by atoms with Crippen molar-refractivity contribution < 1.29 is 9.53 Å². The molecule has 2 aromatic rings. The van der Waals surface area contributed by atoms with Gasteiger partial charge >= 0.3 is 0 Å². The minimum Gasteiger partial charge on any atom is -0.494 e. The number of amides is 1. The maximum absolute atomic E-state index is 12.2. The third-order valence-electron chi connectivity index (χ3n) is 3.35. The summed E-state index contributed by atoms with van der Waals surface area (Å²) in [6.45, 7) is 3.06. The van der Waals surface area contributed by atoms with Gasteiger partial charge in [0.25, 0.3) is 0 Å². The predicted molar refractivity (Wildman–Crippen MR) is 94.6 cm³/mol. The molecule has 0 aromatic heterocycles. The van der Waals surface area contributed by atoms with Crippen LogP contribution in [0, 0.1) is 0 Å². The quantitative estimate of drug-likeness (QED) is 0.735. The molecule has 0 atom stereocenters. The lowest BCUT2D eigenvalue weighted by Gasteiger charge is -2.16. The summed E-state index contributed by atoms with van der Waals surface area (Å²) < 4.78 is 5.39. The van der Waals surface area contributed by atoms with E-state index in [1.807, 2.05) is 55.5 Å². The van der Waals surface area contributed by atoms with Crippen LogP contribution in [0.1, 0.15) is 18.1 Å². The van der Waals surface area contributed by atoms with E-state index in [2.05, 4.69) is 0 Å². The number of ether oxygens (including phenoxy) is 1. The molecule has 0 aliphatic rings. The summed E-state index contributed by atoms with van der Waals surface area (Å²) >= 11 is 6.12. The molecule has 2 rings (SSSR count). The topological polar surface area (TPSA) is 29.5 Å². The average Bonchev–Trinajstić information content (AvgIpc) is 2.56. The van der Waals surface area contributed by atoms with Gasteiger partial charge in [0, 0.05) is 24.7 Å². The molecule has 0 saturated carbocycles. The first-order valence-corrected chi connectivity index (χ1v) is 7.87. The summed E-state index contributed by atoms with van der Waals surface area (Å²) in [4.78, 5) is 13.8. The first-order valence-electron chi connectivity index (χ1n) is 7.49. The Morgan fingerprint density at radius 1 is 1.17 bits per heavy atom. The van der Waals surface area contributed by atoms with Gasteiger partial charge in [-0.25, -0.2) is 0 Å². The molecule has 1 amide bonds. The van der Waals surface area contributed by atoms with Crippen LogP contribution in [0.2, 0.25) is 5.02 Å². The van der Waals surface area contributed by atoms with Gasteiger partial charge in [-0.15, -0.1) is 0 Å². The lowest BCUT2D eigenvalue weighted by Crippen LogP contribution is -2.24. The van der Waals surface area contributed by atoms with Gasteiger partial charge in [-0.3, -0.25) is 4.79 Å². The van der Waals surface area contributed by atoms with Gasteiger partial charge in [-0.2, -0.15) is 0 Å². The lowest BCUT2D eigenvalue weighted by molar-refractivity contribution is -0.125. The molecule has 0 aliphatic heterocycles. The minimum atomic E-state index is -0.0706. The smallest absolute Gasteiger partial charge is 0.246 e. The highest BCUT2D eigenvalue weighted by atomic mass is 35.5. The molecule has 0 aliphatic carbocycles. The molecule has 0 fully saturated rings. The number of hydrogen-bond donors (Lipinski definition) is 0. The zero-order chi connectivity index (χ0) is 16.7. The zero-order valence-corrected chi connectivity index (χ0v) is 14.1. The van der Waals surface area contributed by atoms with Crippen LogP contribution in [-0.2, 0) is 11.3 Å². The highest BCUT2D eigenvalue weighted by Crippen LogP contribution is 2.17. The van der Waals surface area contributed by atoms with Gasteiger partial charge in [0.05, 0.1) is 6.61 Å². The van der Waals surface area contributed by atoms with Gasteiger partial charge in [0.15, 0.2) is 0 Å². The Morgan fingerprint density at radius 3 is 2.52 bits per heavy atom. The van der Waals surface area contributed by atoms with E-state index < -0.39 is 0 Å². The number of nitrogens with zero attached hydrogens (tertiary/aromatic N) is 1. The number of halogens is 1. The Bertz CT molecular complexity index is 680. The molecule has 120 valence electrons. The monoisotopic (exact) mass is 329 g/mol. The van der Waals surface area contributed by atoms with Gasteiger partial charge < -0.3 is 9.64 Å². The molecule has 0 bridgehead atoms. The summed E-state index contributed by atoms with van der Waals surface area (Å²) in [5.74, 6) is 0.755. The third-order valence-corrected chi connectivity index (χ3v) is 3.72. The largest absolute Gasteiger partial charge is 0.494 e. The second kappa shape index (κ2) is 8.39. The summed E-state index contributed by atoms with van der Waals surface area (Å²) in [6.07, 6.45) is 3.35. The first-order chi connectivity index (χ1) is 11.1. The van der Waals surface area contributed by atoms with Gasteiger partial charge in [0.2, 0.25) is 5.91 Å². The molecule has 0 heterocycles.